The Balaban J connectivity index is 2.13. The molecular formula is C10H17NO2. The minimum atomic E-state index is 0.0833. The van der Waals surface area contributed by atoms with Gasteiger partial charge in [-0.3, -0.25) is 4.79 Å². The number of rotatable bonds is 2. The van der Waals surface area contributed by atoms with E-state index in [1.165, 1.54) is 12.8 Å². The normalized spacial score (nSPS) is 31.2. The van der Waals surface area contributed by atoms with Gasteiger partial charge in [0.1, 0.15) is 0 Å². The van der Waals surface area contributed by atoms with Crippen molar-refractivity contribution in [3.8, 4) is 0 Å². The average Bonchev–Trinajstić information content (AvgIpc) is 2.69. The second-order valence-corrected chi connectivity index (χ2v) is 4.35. The zero-order valence-corrected chi connectivity index (χ0v) is 7.88. The molecule has 13 heavy (non-hydrogen) atoms. The molecule has 0 aromatic rings. The molecule has 0 aromatic heterocycles. The van der Waals surface area contributed by atoms with Crippen LogP contribution in [0, 0.1) is 11.3 Å². The summed E-state index contributed by atoms with van der Waals surface area (Å²) in [5, 5.41) is 11.8. The molecule has 2 fully saturated rings. The number of aliphatic hydroxyl groups is 1. The standard InChI is InChI=1S/C10H17NO2/c12-6-3-8-9(13)11-7-10(8)4-1-2-5-10/h8,12H,1-7H2,(H,11,13). The van der Waals surface area contributed by atoms with E-state index in [0.717, 1.165) is 19.4 Å². The van der Waals surface area contributed by atoms with Crippen LogP contribution in [-0.2, 0) is 4.79 Å². The van der Waals surface area contributed by atoms with Crippen molar-refractivity contribution in [3.05, 3.63) is 0 Å². The molecule has 3 nitrogen and oxygen atoms in total. The first-order chi connectivity index (χ1) is 6.28. The molecule has 2 rings (SSSR count). The topological polar surface area (TPSA) is 49.3 Å². The Morgan fingerprint density at radius 2 is 2.15 bits per heavy atom. The Morgan fingerprint density at radius 1 is 1.46 bits per heavy atom. The fourth-order valence-corrected chi connectivity index (χ4v) is 2.96. The molecule has 1 saturated heterocycles. The van der Waals surface area contributed by atoms with Gasteiger partial charge in [0.2, 0.25) is 5.91 Å². The van der Waals surface area contributed by atoms with Crippen LogP contribution in [0.25, 0.3) is 0 Å². The van der Waals surface area contributed by atoms with Crippen molar-refractivity contribution in [1.29, 1.82) is 0 Å². The predicted octanol–water partition coefficient (Wildman–Crippen LogP) is 0.675. The van der Waals surface area contributed by atoms with Gasteiger partial charge in [0.05, 0.1) is 0 Å². The van der Waals surface area contributed by atoms with E-state index in [0.29, 0.717) is 6.42 Å². The molecule has 1 aliphatic carbocycles. The van der Waals surface area contributed by atoms with Crippen molar-refractivity contribution in [1.82, 2.24) is 5.32 Å². The molecule has 1 unspecified atom stereocenters. The maximum atomic E-state index is 11.5. The summed E-state index contributed by atoms with van der Waals surface area (Å²) in [6, 6.07) is 0. The average molecular weight is 183 g/mol. The van der Waals surface area contributed by atoms with E-state index in [1.807, 2.05) is 0 Å². The number of hydrogen-bond donors (Lipinski definition) is 2. The van der Waals surface area contributed by atoms with E-state index < -0.39 is 0 Å². The highest BCUT2D eigenvalue weighted by Crippen LogP contribution is 2.47. The number of carbonyl (C=O) groups excluding carboxylic acids is 1. The van der Waals surface area contributed by atoms with Crippen LogP contribution < -0.4 is 5.32 Å². The molecule has 2 aliphatic rings. The Labute approximate surface area is 78.5 Å². The van der Waals surface area contributed by atoms with Crippen molar-refractivity contribution in [2.45, 2.75) is 32.1 Å². The zero-order chi connectivity index (χ0) is 9.31. The SMILES string of the molecule is O=C1NCC2(CCCC2)C1CCO. The van der Waals surface area contributed by atoms with Crippen LogP contribution in [0.5, 0.6) is 0 Å². The molecule has 1 heterocycles. The summed E-state index contributed by atoms with van der Waals surface area (Å²) in [5.74, 6) is 0.246. The predicted molar refractivity (Wildman–Crippen MR) is 49.1 cm³/mol. The third kappa shape index (κ3) is 1.35. The largest absolute Gasteiger partial charge is 0.396 e. The lowest BCUT2D eigenvalue weighted by molar-refractivity contribution is -0.124. The molecular weight excluding hydrogens is 166 g/mol. The van der Waals surface area contributed by atoms with Crippen LogP contribution in [0.1, 0.15) is 32.1 Å². The molecule has 2 N–H and O–H groups in total. The van der Waals surface area contributed by atoms with E-state index >= 15 is 0 Å². The van der Waals surface area contributed by atoms with Crippen molar-refractivity contribution < 1.29 is 9.90 Å². The number of hydrogen-bond acceptors (Lipinski definition) is 2. The molecule has 0 bridgehead atoms. The van der Waals surface area contributed by atoms with Crippen molar-refractivity contribution in [2.75, 3.05) is 13.2 Å². The van der Waals surface area contributed by atoms with Gasteiger partial charge in [0.15, 0.2) is 0 Å². The second-order valence-electron chi connectivity index (χ2n) is 4.35. The third-order valence-electron chi connectivity index (χ3n) is 3.69. The maximum absolute atomic E-state index is 11.5. The van der Waals surface area contributed by atoms with Crippen molar-refractivity contribution >= 4 is 5.91 Å². The summed E-state index contributed by atoms with van der Waals surface area (Å²) in [7, 11) is 0. The van der Waals surface area contributed by atoms with Gasteiger partial charge in [0.25, 0.3) is 0 Å². The molecule has 0 radical (unpaired) electrons. The van der Waals surface area contributed by atoms with E-state index in [4.69, 9.17) is 5.11 Å². The minimum Gasteiger partial charge on any atom is -0.396 e. The second kappa shape index (κ2) is 3.29. The molecule has 1 atom stereocenters. The van der Waals surface area contributed by atoms with Crippen LogP contribution in [0.15, 0.2) is 0 Å². The minimum absolute atomic E-state index is 0.0833. The lowest BCUT2D eigenvalue weighted by atomic mass is 9.75. The Morgan fingerprint density at radius 3 is 2.77 bits per heavy atom. The quantitative estimate of drug-likeness (QED) is 0.661. The summed E-state index contributed by atoms with van der Waals surface area (Å²) in [5.41, 5.74) is 0.208. The van der Waals surface area contributed by atoms with Gasteiger partial charge in [-0.1, -0.05) is 12.8 Å². The first-order valence-electron chi connectivity index (χ1n) is 5.17. The third-order valence-corrected chi connectivity index (χ3v) is 3.69. The molecule has 74 valence electrons. The highest BCUT2D eigenvalue weighted by atomic mass is 16.3. The lowest BCUT2D eigenvalue weighted by Gasteiger charge is -2.27. The fourth-order valence-electron chi connectivity index (χ4n) is 2.96. The van der Waals surface area contributed by atoms with Gasteiger partial charge < -0.3 is 10.4 Å². The van der Waals surface area contributed by atoms with Gasteiger partial charge in [-0.25, -0.2) is 0 Å². The van der Waals surface area contributed by atoms with Gasteiger partial charge in [0, 0.05) is 19.1 Å². The summed E-state index contributed by atoms with van der Waals surface area (Å²) >= 11 is 0. The van der Waals surface area contributed by atoms with Gasteiger partial charge in [-0.2, -0.15) is 0 Å². The molecule has 1 amide bonds. The van der Waals surface area contributed by atoms with Gasteiger partial charge in [-0.05, 0) is 24.7 Å². The molecule has 3 heteroatoms. The number of aliphatic hydroxyl groups excluding tert-OH is 1. The van der Waals surface area contributed by atoms with E-state index in [-0.39, 0.29) is 23.8 Å². The summed E-state index contributed by atoms with van der Waals surface area (Å²) in [6.07, 6.45) is 5.46. The van der Waals surface area contributed by atoms with Crippen LogP contribution >= 0.6 is 0 Å². The summed E-state index contributed by atoms with van der Waals surface area (Å²) < 4.78 is 0. The maximum Gasteiger partial charge on any atom is 0.223 e. The van der Waals surface area contributed by atoms with Crippen LogP contribution in [0.2, 0.25) is 0 Å². The molecule has 0 aromatic carbocycles. The monoisotopic (exact) mass is 183 g/mol. The zero-order valence-electron chi connectivity index (χ0n) is 7.88. The summed E-state index contributed by atoms with van der Waals surface area (Å²) in [6.45, 7) is 0.982. The van der Waals surface area contributed by atoms with Crippen LogP contribution in [-0.4, -0.2) is 24.2 Å². The Bertz CT molecular complexity index is 209. The highest BCUT2D eigenvalue weighted by Gasteiger charge is 2.48. The van der Waals surface area contributed by atoms with Crippen molar-refractivity contribution in [3.63, 3.8) is 0 Å². The van der Waals surface area contributed by atoms with Gasteiger partial charge in [-0.15, -0.1) is 0 Å². The highest BCUT2D eigenvalue weighted by molar-refractivity contribution is 5.82. The number of nitrogens with one attached hydrogen (secondary N) is 1. The Hall–Kier alpha value is -0.570. The smallest absolute Gasteiger partial charge is 0.223 e. The first-order valence-corrected chi connectivity index (χ1v) is 5.17. The molecule has 1 spiro atoms. The van der Waals surface area contributed by atoms with E-state index in [2.05, 4.69) is 5.32 Å². The van der Waals surface area contributed by atoms with Gasteiger partial charge >= 0.3 is 0 Å². The first kappa shape index (κ1) is 9.00. The Kier molecular flexibility index (Phi) is 2.28. The van der Waals surface area contributed by atoms with E-state index in [9.17, 15) is 4.79 Å². The van der Waals surface area contributed by atoms with Crippen LogP contribution in [0.4, 0.5) is 0 Å². The summed E-state index contributed by atoms with van der Waals surface area (Å²) in [4.78, 5) is 11.5. The van der Waals surface area contributed by atoms with Crippen LogP contribution in [0.3, 0.4) is 0 Å². The molecule has 1 saturated carbocycles. The molecule has 1 aliphatic heterocycles. The van der Waals surface area contributed by atoms with E-state index in [1.54, 1.807) is 0 Å². The lowest BCUT2D eigenvalue weighted by Crippen LogP contribution is -2.28. The number of carbonyl (C=O) groups is 1. The van der Waals surface area contributed by atoms with Crippen molar-refractivity contribution in [2.24, 2.45) is 11.3 Å². The fraction of sp³-hybridized carbons (Fsp3) is 0.900. The number of amides is 1.